The fourth-order valence-electron chi connectivity index (χ4n) is 2.92. The van der Waals surface area contributed by atoms with Gasteiger partial charge in [0.15, 0.2) is 0 Å². The van der Waals surface area contributed by atoms with Crippen LogP contribution in [0.25, 0.3) is 0 Å². The molecule has 1 aromatic rings. The summed E-state index contributed by atoms with van der Waals surface area (Å²) in [5.41, 5.74) is 7.15. The van der Waals surface area contributed by atoms with Crippen LogP contribution in [-0.2, 0) is 4.79 Å². The molecule has 0 bridgehead atoms. The monoisotopic (exact) mass is 263 g/mol. The van der Waals surface area contributed by atoms with Crippen LogP contribution in [0.15, 0.2) is 18.2 Å². The fraction of sp³-hybridized carbons (Fsp3) is 0.533. The summed E-state index contributed by atoms with van der Waals surface area (Å²) in [6.45, 7) is 0. The van der Waals surface area contributed by atoms with E-state index in [0.29, 0.717) is 29.3 Å². The SMILES string of the molecule is COc1ccc(N)c(C(CC2CCCC2)C(=O)O)c1. The van der Waals surface area contributed by atoms with E-state index >= 15 is 0 Å². The molecule has 0 aliphatic heterocycles. The summed E-state index contributed by atoms with van der Waals surface area (Å²) >= 11 is 0. The van der Waals surface area contributed by atoms with Crippen LogP contribution in [0.1, 0.15) is 43.6 Å². The van der Waals surface area contributed by atoms with Gasteiger partial charge in [0.1, 0.15) is 5.75 Å². The fourth-order valence-corrected chi connectivity index (χ4v) is 2.92. The van der Waals surface area contributed by atoms with Crippen molar-refractivity contribution >= 4 is 11.7 Å². The third kappa shape index (κ3) is 3.19. The predicted molar refractivity (Wildman–Crippen MR) is 74.4 cm³/mol. The van der Waals surface area contributed by atoms with Crippen LogP contribution in [0.3, 0.4) is 0 Å². The number of hydrogen-bond acceptors (Lipinski definition) is 3. The summed E-state index contributed by atoms with van der Waals surface area (Å²) < 4.78 is 5.16. The molecule has 4 heteroatoms. The molecule has 0 saturated heterocycles. The molecule has 0 amide bonds. The Balaban J connectivity index is 2.24. The minimum absolute atomic E-state index is 0.506. The lowest BCUT2D eigenvalue weighted by molar-refractivity contribution is -0.139. The molecule has 104 valence electrons. The Bertz CT molecular complexity index is 453. The van der Waals surface area contributed by atoms with Gasteiger partial charge in [0.05, 0.1) is 13.0 Å². The van der Waals surface area contributed by atoms with E-state index in [9.17, 15) is 9.90 Å². The van der Waals surface area contributed by atoms with Crippen molar-refractivity contribution in [3.05, 3.63) is 23.8 Å². The molecule has 1 atom stereocenters. The van der Waals surface area contributed by atoms with Crippen molar-refractivity contribution in [2.45, 2.75) is 38.0 Å². The first-order valence-electron chi connectivity index (χ1n) is 6.78. The summed E-state index contributed by atoms with van der Waals surface area (Å²) in [6.07, 6.45) is 5.36. The van der Waals surface area contributed by atoms with E-state index in [2.05, 4.69) is 0 Å². The number of carboxylic acid groups (broad SMARTS) is 1. The molecular weight excluding hydrogens is 242 g/mol. The number of hydrogen-bond donors (Lipinski definition) is 2. The number of nitrogen functional groups attached to an aromatic ring is 1. The van der Waals surface area contributed by atoms with Gasteiger partial charge in [-0.1, -0.05) is 25.7 Å². The average Bonchev–Trinajstić information content (AvgIpc) is 2.89. The highest BCUT2D eigenvalue weighted by Gasteiger charge is 2.27. The number of carbonyl (C=O) groups is 1. The first-order chi connectivity index (χ1) is 9.11. The second kappa shape index (κ2) is 5.95. The standard InChI is InChI=1S/C15H21NO3/c1-19-11-6-7-14(16)12(9-11)13(15(17)18)8-10-4-2-3-5-10/h6-7,9-10,13H,2-5,8,16H2,1H3,(H,17,18). The van der Waals surface area contributed by atoms with E-state index in [0.717, 1.165) is 12.8 Å². The number of nitrogens with two attached hydrogens (primary N) is 1. The Kier molecular flexibility index (Phi) is 4.30. The molecule has 19 heavy (non-hydrogen) atoms. The topological polar surface area (TPSA) is 72.5 Å². The highest BCUT2D eigenvalue weighted by molar-refractivity contribution is 5.79. The average molecular weight is 263 g/mol. The summed E-state index contributed by atoms with van der Waals surface area (Å²) in [5, 5.41) is 9.48. The van der Waals surface area contributed by atoms with Crippen molar-refractivity contribution in [1.82, 2.24) is 0 Å². The van der Waals surface area contributed by atoms with Gasteiger partial charge in [0.2, 0.25) is 0 Å². The molecule has 0 radical (unpaired) electrons. The maximum absolute atomic E-state index is 11.5. The van der Waals surface area contributed by atoms with Gasteiger partial charge in [-0.3, -0.25) is 4.79 Å². The molecule has 1 fully saturated rings. The molecule has 1 aromatic carbocycles. The molecule has 1 saturated carbocycles. The number of rotatable bonds is 5. The lowest BCUT2D eigenvalue weighted by Gasteiger charge is -2.19. The zero-order valence-corrected chi connectivity index (χ0v) is 11.3. The smallest absolute Gasteiger partial charge is 0.311 e. The van der Waals surface area contributed by atoms with Crippen LogP contribution in [0.4, 0.5) is 5.69 Å². The molecule has 0 aromatic heterocycles. The van der Waals surface area contributed by atoms with Gasteiger partial charge < -0.3 is 15.6 Å². The van der Waals surface area contributed by atoms with Crippen LogP contribution in [0, 0.1) is 5.92 Å². The van der Waals surface area contributed by atoms with Crippen LogP contribution in [-0.4, -0.2) is 18.2 Å². The number of methoxy groups -OCH3 is 1. The third-order valence-corrected chi connectivity index (χ3v) is 4.01. The van der Waals surface area contributed by atoms with E-state index < -0.39 is 11.9 Å². The zero-order valence-electron chi connectivity index (χ0n) is 11.3. The predicted octanol–water partition coefficient (Wildman–Crippen LogP) is 3.03. The van der Waals surface area contributed by atoms with E-state index in [1.54, 1.807) is 25.3 Å². The summed E-state index contributed by atoms with van der Waals surface area (Å²) in [7, 11) is 1.57. The van der Waals surface area contributed by atoms with E-state index in [-0.39, 0.29) is 0 Å². The molecule has 1 unspecified atom stereocenters. The van der Waals surface area contributed by atoms with Crippen molar-refractivity contribution in [1.29, 1.82) is 0 Å². The Labute approximate surface area is 113 Å². The van der Waals surface area contributed by atoms with Crippen molar-refractivity contribution in [3.8, 4) is 5.75 Å². The third-order valence-electron chi connectivity index (χ3n) is 4.01. The van der Waals surface area contributed by atoms with Crippen LogP contribution in [0.2, 0.25) is 0 Å². The van der Waals surface area contributed by atoms with Crippen molar-refractivity contribution in [3.63, 3.8) is 0 Å². The van der Waals surface area contributed by atoms with Gasteiger partial charge in [0, 0.05) is 5.69 Å². The Morgan fingerprint density at radius 3 is 2.74 bits per heavy atom. The van der Waals surface area contributed by atoms with Gasteiger partial charge in [-0.2, -0.15) is 0 Å². The maximum atomic E-state index is 11.5. The van der Waals surface area contributed by atoms with Crippen LogP contribution in [0.5, 0.6) is 5.75 Å². The normalized spacial score (nSPS) is 17.3. The Morgan fingerprint density at radius 1 is 1.47 bits per heavy atom. The number of benzene rings is 1. The number of carboxylic acids is 1. The maximum Gasteiger partial charge on any atom is 0.311 e. The molecule has 0 spiro atoms. The van der Waals surface area contributed by atoms with Gasteiger partial charge in [-0.25, -0.2) is 0 Å². The molecular formula is C15H21NO3. The lowest BCUT2D eigenvalue weighted by Crippen LogP contribution is -2.16. The zero-order chi connectivity index (χ0) is 13.8. The summed E-state index contributed by atoms with van der Waals surface area (Å²) in [6, 6.07) is 5.23. The molecule has 4 nitrogen and oxygen atoms in total. The molecule has 0 heterocycles. The van der Waals surface area contributed by atoms with Gasteiger partial charge in [-0.15, -0.1) is 0 Å². The Morgan fingerprint density at radius 2 is 2.16 bits per heavy atom. The molecule has 3 N–H and O–H groups in total. The minimum atomic E-state index is -0.799. The van der Waals surface area contributed by atoms with E-state index in [1.807, 2.05) is 0 Å². The second-order valence-electron chi connectivity index (χ2n) is 5.27. The summed E-state index contributed by atoms with van der Waals surface area (Å²) in [4.78, 5) is 11.5. The first-order valence-corrected chi connectivity index (χ1v) is 6.78. The second-order valence-corrected chi connectivity index (χ2v) is 5.27. The van der Waals surface area contributed by atoms with Crippen molar-refractivity contribution in [2.24, 2.45) is 5.92 Å². The first kappa shape index (κ1) is 13.7. The van der Waals surface area contributed by atoms with Crippen LogP contribution >= 0.6 is 0 Å². The quantitative estimate of drug-likeness (QED) is 0.801. The summed E-state index contributed by atoms with van der Waals surface area (Å²) in [5.74, 6) is -0.168. The largest absolute Gasteiger partial charge is 0.497 e. The molecule has 1 aliphatic rings. The lowest BCUT2D eigenvalue weighted by atomic mass is 9.87. The van der Waals surface area contributed by atoms with Gasteiger partial charge in [0.25, 0.3) is 0 Å². The molecule has 2 rings (SSSR count). The van der Waals surface area contributed by atoms with Crippen molar-refractivity contribution < 1.29 is 14.6 Å². The van der Waals surface area contributed by atoms with Crippen LogP contribution < -0.4 is 10.5 Å². The van der Waals surface area contributed by atoms with Gasteiger partial charge in [-0.05, 0) is 36.1 Å². The number of ether oxygens (including phenoxy) is 1. The van der Waals surface area contributed by atoms with Gasteiger partial charge >= 0.3 is 5.97 Å². The van der Waals surface area contributed by atoms with Crippen molar-refractivity contribution in [2.75, 3.05) is 12.8 Å². The van der Waals surface area contributed by atoms with E-state index in [1.165, 1.54) is 12.8 Å². The highest BCUT2D eigenvalue weighted by Crippen LogP contribution is 2.37. The number of aliphatic carboxylic acids is 1. The minimum Gasteiger partial charge on any atom is -0.497 e. The highest BCUT2D eigenvalue weighted by atomic mass is 16.5. The van der Waals surface area contributed by atoms with E-state index in [4.69, 9.17) is 10.5 Å². The molecule has 1 aliphatic carbocycles. The number of anilines is 1. The Hall–Kier alpha value is -1.71.